The predicted molar refractivity (Wildman–Crippen MR) is 116 cm³/mol. The number of para-hydroxylation sites is 1. The number of hydrogen-bond acceptors (Lipinski definition) is 4. The highest BCUT2D eigenvalue weighted by atomic mass is 32.2. The van der Waals surface area contributed by atoms with E-state index in [0.29, 0.717) is 5.75 Å². The van der Waals surface area contributed by atoms with Crippen molar-refractivity contribution in [3.05, 3.63) is 84.3 Å². The summed E-state index contributed by atoms with van der Waals surface area (Å²) in [6.45, 7) is 1.54. The summed E-state index contributed by atoms with van der Waals surface area (Å²) in [6, 6.07) is 14.7. The van der Waals surface area contributed by atoms with Gasteiger partial charge in [0, 0.05) is 17.1 Å². The van der Waals surface area contributed by atoms with Gasteiger partial charge in [0.1, 0.15) is 17.3 Å². The van der Waals surface area contributed by atoms with Gasteiger partial charge in [0.15, 0.2) is 9.84 Å². The molecule has 4 rings (SSSR count). The van der Waals surface area contributed by atoms with Gasteiger partial charge in [-0.3, -0.25) is 4.98 Å². The lowest BCUT2D eigenvalue weighted by atomic mass is 9.98. The van der Waals surface area contributed by atoms with E-state index in [1.807, 2.05) is 0 Å². The summed E-state index contributed by atoms with van der Waals surface area (Å²) in [4.78, 5) is 4.02. The number of ether oxygens (including phenoxy) is 1. The molecular weight excluding hydrogens is 458 g/mol. The summed E-state index contributed by atoms with van der Waals surface area (Å²) >= 11 is 0. The van der Waals surface area contributed by atoms with Gasteiger partial charge in [-0.15, -0.1) is 0 Å². The zero-order valence-corrected chi connectivity index (χ0v) is 18.0. The van der Waals surface area contributed by atoms with Crippen LogP contribution < -0.4 is 4.74 Å². The van der Waals surface area contributed by atoms with E-state index in [4.69, 9.17) is 4.74 Å². The standard InChI is InChI=1S/C24H17F4NO3S/c1-2-33(30,31)17-9-6-15(7-10-17)32-16-8-11-22(25)20(14-16)18-12-13-29-23-19(18)4-3-5-21(23)24(26,27)28/h3-14H,2H2,1H3. The van der Waals surface area contributed by atoms with Crippen LogP contribution in [0.1, 0.15) is 12.5 Å². The highest BCUT2D eigenvalue weighted by Gasteiger charge is 2.33. The summed E-state index contributed by atoms with van der Waals surface area (Å²) in [5, 5.41) is 0.150. The fourth-order valence-electron chi connectivity index (χ4n) is 3.43. The number of pyridine rings is 1. The van der Waals surface area contributed by atoms with Crippen LogP contribution in [0, 0.1) is 5.82 Å². The van der Waals surface area contributed by atoms with Crippen molar-refractivity contribution in [1.82, 2.24) is 4.98 Å². The largest absolute Gasteiger partial charge is 0.457 e. The maximum absolute atomic E-state index is 14.7. The van der Waals surface area contributed by atoms with E-state index in [-0.39, 0.29) is 38.4 Å². The molecule has 0 amide bonds. The second kappa shape index (κ2) is 8.47. The molecule has 0 saturated carbocycles. The molecule has 0 aliphatic rings. The van der Waals surface area contributed by atoms with Crippen molar-refractivity contribution in [2.75, 3.05) is 5.75 Å². The summed E-state index contributed by atoms with van der Waals surface area (Å²) < 4.78 is 84.5. The SMILES string of the molecule is CCS(=O)(=O)c1ccc(Oc2ccc(F)c(-c3ccnc4c(C(F)(F)F)cccc34)c2)cc1. The topological polar surface area (TPSA) is 56.3 Å². The molecule has 9 heteroatoms. The summed E-state index contributed by atoms with van der Waals surface area (Å²) in [5.74, 6) is -0.127. The third-order valence-corrected chi connectivity index (χ3v) is 6.85. The molecule has 1 heterocycles. The molecule has 0 saturated heterocycles. The molecule has 0 spiro atoms. The monoisotopic (exact) mass is 475 g/mol. The molecule has 170 valence electrons. The average Bonchev–Trinajstić information content (AvgIpc) is 2.79. The van der Waals surface area contributed by atoms with E-state index in [2.05, 4.69) is 4.98 Å². The van der Waals surface area contributed by atoms with Crippen LogP contribution in [-0.4, -0.2) is 19.2 Å². The Morgan fingerprint density at radius 1 is 0.909 bits per heavy atom. The second-order valence-corrected chi connectivity index (χ2v) is 9.45. The molecule has 33 heavy (non-hydrogen) atoms. The third kappa shape index (κ3) is 4.54. The predicted octanol–water partition coefficient (Wildman–Crippen LogP) is 6.65. The molecular formula is C24H17F4NO3S. The minimum absolute atomic E-state index is 0.0372. The van der Waals surface area contributed by atoms with E-state index in [1.165, 1.54) is 60.8 Å². The normalized spacial score (nSPS) is 12.2. The molecule has 0 aliphatic heterocycles. The van der Waals surface area contributed by atoms with Crippen LogP contribution in [0.25, 0.3) is 22.0 Å². The molecule has 0 fully saturated rings. The van der Waals surface area contributed by atoms with Crippen LogP contribution in [0.5, 0.6) is 11.5 Å². The first kappa shape index (κ1) is 22.7. The van der Waals surface area contributed by atoms with Crippen molar-refractivity contribution in [2.24, 2.45) is 0 Å². The van der Waals surface area contributed by atoms with Gasteiger partial charge in [0.2, 0.25) is 0 Å². The summed E-state index contributed by atoms with van der Waals surface area (Å²) in [7, 11) is -3.36. The molecule has 1 aromatic heterocycles. The molecule has 0 atom stereocenters. The fourth-order valence-corrected chi connectivity index (χ4v) is 4.32. The van der Waals surface area contributed by atoms with Gasteiger partial charge in [-0.1, -0.05) is 19.1 Å². The van der Waals surface area contributed by atoms with Crippen LogP contribution in [0.2, 0.25) is 0 Å². The number of fused-ring (bicyclic) bond motifs is 1. The Bertz CT molecular complexity index is 1430. The van der Waals surface area contributed by atoms with Crippen LogP contribution in [0.4, 0.5) is 17.6 Å². The summed E-state index contributed by atoms with van der Waals surface area (Å²) in [5.41, 5.74) is -0.902. The molecule has 0 radical (unpaired) electrons. The number of benzene rings is 3. The first-order valence-electron chi connectivity index (χ1n) is 9.85. The Hall–Kier alpha value is -3.46. The van der Waals surface area contributed by atoms with Gasteiger partial charge in [-0.25, -0.2) is 12.8 Å². The van der Waals surface area contributed by atoms with Crippen LogP contribution in [-0.2, 0) is 16.0 Å². The maximum Gasteiger partial charge on any atom is 0.418 e. The van der Waals surface area contributed by atoms with Crippen LogP contribution >= 0.6 is 0 Å². The van der Waals surface area contributed by atoms with E-state index in [0.717, 1.165) is 12.1 Å². The molecule has 0 bridgehead atoms. The fraction of sp³-hybridized carbons (Fsp3) is 0.125. The lowest BCUT2D eigenvalue weighted by molar-refractivity contribution is -0.136. The molecule has 3 aromatic carbocycles. The van der Waals surface area contributed by atoms with Gasteiger partial charge in [-0.05, 0) is 60.2 Å². The van der Waals surface area contributed by atoms with Gasteiger partial charge in [-0.2, -0.15) is 13.2 Å². The zero-order chi connectivity index (χ0) is 23.8. The van der Waals surface area contributed by atoms with Crippen LogP contribution in [0.15, 0.2) is 77.8 Å². The van der Waals surface area contributed by atoms with Crippen molar-refractivity contribution in [3.63, 3.8) is 0 Å². The van der Waals surface area contributed by atoms with E-state index in [9.17, 15) is 26.0 Å². The first-order chi connectivity index (χ1) is 15.6. The quantitative estimate of drug-likeness (QED) is 0.304. The molecule has 0 unspecified atom stereocenters. The Morgan fingerprint density at radius 3 is 2.27 bits per heavy atom. The Labute approximate surface area is 187 Å². The average molecular weight is 475 g/mol. The third-order valence-electron chi connectivity index (χ3n) is 5.10. The number of aromatic nitrogens is 1. The second-order valence-electron chi connectivity index (χ2n) is 7.18. The number of hydrogen-bond donors (Lipinski definition) is 0. The van der Waals surface area contributed by atoms with Crippen molar-refractivity contribution in [2.45, 2.75) is 18.0 Å². The zero-order valence-electron chi connectivity index (χ0n) is 17.2. The molecule has 0 aliphatic carbocycles. The summed E-state index contributed by atoms with van der Waals surface area (Å²) in [6.07, 6.45) is -3.40. The van der Waals surface area contributed by atoms with Crippen LogP contribution in [0.3, 0.4) is 0 Å². The number of nitrogens with zero attached hydrogens (tertiary/aromatic N) is 1. The highest BCUT2D eigenvalue weighted by molar-refractivity contribution is 7.91. The van der Waals surface area contributed by atoms with E-state index < -0.39 is 27.4 Å². The van der Waals surface area contributed by atoms with Crippen molar-refractivity contribution < 1.29 is 30.7 Å². The van der Waals surface area contributed by atoms with E-state index in [1.54, 1.807) is 6.92 Å². The molecule has 4 aromatic rings. The Kier molecular flexibility index (Phi) is 5.84. The minimum Gasteiger partial charge on any atom is -0.457 e. The Balaban J connectivity index is 1.74. The maximum atomic E-state index is 14.7. The highest BCUT2D eigenvalue weighted by Crippen LogP contribution is 2.38. The van der Waals surface area contributed by atoms with E-state index >= 15 is 0 Å². The lowest BCUT2D eigenvalue weighted by Crippen LogP contribution is -2.06. The van der Waals surface area contributed by atoms with Gasteiger partial charge in [0.05, 0.1) is 21.7 Å². The van der Waals surface area contributed by atoms with Crippen molar-refractivity contribution in [1.29, 1.82) is 0 Å². The lowest BCUT2D eigenvalue weighted by Gasteiger charge is -2.14. The first-order valence-corrected chi connectivity index (χ1v) is 11.5. The van der Waals surface area contributed by atoms with Crippen molar-refractivity contribution in [3.8, 4) is 22.6 Å². The Morgan fingerprint density at radius 2 is 1.61 bits per heavy atom. The number of sulfone groups is 1. The van der Waals surface area contributed by atoms with Gasteiger partial charge >= 0.3 is 6.18 Å². The number of halogens is 4. The minimum atomic E-state index is -4.61. The van der Waals surface area contributed by atoms with Crippen molar-refractivity contribution >= 4 is 20.7 Å². The van der Waals surface area contributed by atoms with Gasteiger partial charge < -0.3 is 4.74 Å². The molecule has 4 nitrogen and oxygen atoms in total. The smallest absolute Gasteiger partial charge is 0.418 e. The number of rotatable bonds is 5. The number of alkyl halides is 3. The molecule has 0 N–H and O–H groups in total. The van der Waals surface area contributed by atoms with Gasteiger partial charge in [0.25, 0.3) is 0 Å².